The third-order valence-electron chi connectivity index (χ3n) is 5.36. The number of amides is 1. The minimum atomic E-state index is -3.14. The van der Waals surface area contributed by atoms with Crippen LogP contribution in [0.5, 0.6) is 0 Å². The zero-order chi connectivity index (χ0) is 22.8. The van der Waals surface area contributed by atoms with Gasteiger partial charge in [0.05, 0.1) is 16.5 Å². The molecule has 4 N–H and O–H groups in total. The fourth-order valence-corrected chi connectivity index (χ4v) is 5.25. The second-order valence-corrected chi connectivity index (χ2v) is 10.1. The van der Waals surface area contributed by atoms with Crippen molar-refractivity contribution in [2.45, 2.75) is 25.6 Å². The monoisotopic (exact) mass is 473 g/mol. The summed E-state index contributed by atoms with van der Waals surface area (Å²) >= 11 is 5.90. The lowest BCUT2D eigenvalue weighted by Gasteiger charge is -2.37. The van der Waals surface area contributed by atoms with Crippen LogP contribution in [0.3, 0.4) is 0 Å². The highest BCUT2D eigenvalue weighted by atomic mass is 35.5. The van der Waals surface area contributed by atoms with Crippen LogP contribution in [0.4, 0.5) is 14.5 Å². The van der Waals surface area contributed by atoms with E-state index in [9.17, 15) is 27.1 Å². The molecular formula is C20H22ClF2N3O4S. The van der Waals surface area contributed by atoms with Gasteiger partial charge in [0.1, 0.15) is 27.7 Å². The Kier molecular flexibility index (Phi) is 7.15. The second-order valence-electron chi connectivity index (χ2n) is 7.41. The van der Waals surface area contributed by atoms with Crippen molar-refractivity contribution in [2.24, 2.45) is 11.8 Å². The van der Waals surface area contributed by atoms with Gasteiger partial charge in [0.2, 0.25) is 0 Å². The van der Waals surface area contributed by atoms with Crippen molar-refractivity contribution in [2.75, 3.05) is 16.4 Å². The fraction of sp³-hybridized carbons (Fsp3) is 0.350. The molecule has 0 radical (unpaired) electrons. The van der Waals surface area contributed by atoms with Crippen molar-refractivity contribution >= 4 is 33.0 Å². The number of hydrogen-bond acceptors (Lipinski definition) is 6. The van der Waals surface area contributed by atoms with Crippen molar-refractivity contribution < 1.29 is 27.1 Å². The first kappa shape index (κ1) is 23.4. The molecule has 1 amide bonds. The first-order chi connectivity index (χ1) is 14.6. The quantitative estimate of drug-likeness (QED) is 0.257. The van der Waals surface area contributed by atoms with Crippen LogP contribution in [0.15, 0.2) is 36.4 Å². The van der Waals surface area contributed by atoms with Crippen LogP contribution in [0.1, 0.15) is 28.8 Å². The predicted molar refractivity (Wildman–Crippen MR) is 113 cm³/mol. The van der Waals surface area contributed by atoms with Gasteiger partial charge in [-0.25, -0.2) is 23.0 Å². The van der Waals surface area contributed by atoms with Gasteiger partial charge >= 0.3 is 0 Å². The number of hydrogen-bond donors (Lipinski definition) is 3. The lowest BCUT2D eigenvalue weighted by atomic mass is 9.98. The lowest BCUT2D eigenvalue weighted by Crippen LogP contribution is -2.43. The van der Waals surface area contributed by atoms with E-state index in [1.807, 2.05) is 5.43 Å². The molecule has 0 spiro atoms. The van der Waals surface area contributed by atoms with Gasteiger partial charge in [-0.1, -0.05) is 17.7 Å². The van der Waals surface area contributed by atoms with Crippen LogP contribution in [-0.4, -0.2) is 37.2 Å². The molecule has 0 bridgehead atoms. The largest absolute Gasteiger partial charge is 0.373 e. The number of rotatable bonds is 6. The van der Waals surface area contributed by atoms with Gasteiger partial charge in [-0.2, -0.15) is 0 Å². The zero-order valence-corrected chi connectivity index (χ0v) is 18.0. The number of carbonyl (C=O) groups is 1. The molecule has 0 saturated carbocycles. The highest BCUT2D eigenvalue weighted by Gasteiger charge is 2.32. The van der Waals surface area contributed by atoms with Gasteiger partial charge in [0.25, 0.3) is 5.91 Å². The van der Waals surface area contributed by atoms with Crippen molar-refractivity contribution in [3.8, 4) is 0 Å². The molecule has 2 aromatic carbocycles. The number of nitrogens with two attached hydrogens (primary N) is 1. The molecule has 1 aliphatic heterocycles. The van der Waals surface area contributed by atoms with E-state index in [4.69, 9.17) is 17.4 Å². The van der Waals surface area contributed by atoms with E-state index in [1.165, 1.54) is 29.2 Å². The minimum Gasteiger partial charge on any atom is -0.373 e. The van der Waals surface area contributed by atoms with Gasteiger partial charge < -0.3 is 10.0 Å². The third-order valence-corrected chi connectivity index (χ3v) is 7.37. The summed E-state index contributed by atoms with van der Waals surface area (Å²) in [5, 5.41) is 10.9. The molecule has 1 saturated heterocycles. The van der Waals surface area contributed by atoms with Gasteiger partial charge in [-0.15, -0.1) is 0 Å². The summed E-state index contributed by atoms with van der Waals surface area (Å²) in [7, 11) is -3.14. The molecule has 1 atom stereocenters. The number of nitrogens with zero attached hydrogens (tertiary/aromatic N) is 1. The minimum absolute atomic E-state index is 0.0261. The van der Waals surface area contributed by atoms with Crippen molar-refractivity contribution in [1.29, 1.82) is 0 Å². The van der Waals surface area contributed by atoms with Gasteiger partial charge in [0.15, 0.2) is 0 Å². The second kappa shape index (κ2) is 9.47. The normalized spacial score (nSPS) is 17.2. The molecule has 168 valence electrons. The van der Waals surface area contributed by atoms with Crippen molar-refractivity contribution in [3.63, 3.8) is 0 Å². The number of halogens is 3. The van der Waals surface area contributed by atoms with Crippen LogP contribution in [-0.2, 0) is 16.4 Å². The topological polar surface area (TPSA) is 113 Å². The molecule has 1 heterocycles. The van der Waals surface area contributed by atoms with Crippen LogP contribution >= 0.6 is 11.6 Å². The van der Waals surface area contributed by atoms with E-state index in [0.717, 1.165) is 12.1 Å². The highest BCUT2D eigenvalue weighted by molar-refractivity contribution is 7.91. The van der Waals surface area contributed by atoms with Crippen LogP contribution < -0.4 is 16.2 Å². The first-order valence-corrected chi connectivity index (χ1v) is 11.7. The van der Waals surface area contributed by atoms with E-state index >= 15 is 0 Å². The van der Waals surface area contributed by atoms with E-state index in [-0.39, 0.29) is 47.0 Å². The highest BCUT2D eigenvalue weighted by Crippen LogP contribution is 2.31. The van der Waals surface area contributed by atoms with Crippen molar-refractivity contribution in [3.05, 3.63) is 64.2 Å². The average Bonchev–Trinajstić information content (AvgIpc) is 2.74. The first-order valence-electron chi connectivity index (χ1n) is 9.51. The number of anilines is 1. The number of nitrogens with one attached hydrogen (secondary N) is 1. The number of benzene rings is 2. The Hall–Kier alpha value is -2.27. The molecule has 1 aliphatic rings. The molecule has 31 heavy (non-hydrogen) atoms. The van der Waals surface area contributed by atoms with E-state index in [1.54, 1.807) is 0 Å². The van der Waals surface area contributed by atoms with Gasteiger partial charge in [-0.05, 0) is 43.2 Å². The summed E-state index contributed by atoms with van der Waals surface area (Å²) in [6.45, 7) is -0.122. The number of nitrogen functional groups attached to an aromatic ring is 1. The maximum absolute atomic E-state index is 14.7. The number of sulfone groups is 1. The standard InChI is InChI=1S/C20H22ClF2N3O4S/c21-16-10-15(3-4-17(16)22)26(20(28)12-5-7-31(29,30)8-6-12)11-14-2-1-13(9-18(14)23)19(27)25-24/h1-4,9-10,12,20,28H,5-8,11,24H2,(H,25,27). The molecule has 0 aromatic heterocycles. The Labute approximate surface area is 183 Å². The molecule has 1 unspecified atom stereocenters. The predicted octanol–water partition coefficient (Wildman–Crippen LogP) is 2.37. The number of carbonyl (C=O) groups excluding carboxylic acids is 1. The summed E-state index contributed by atoms with van der Waals surface area (Å²) in [4.78, 5) is 13.0. The van der Waals surface area contributed by atoms with Crippen LogP contribution in [0.25, 0.3) is 0 Å². The van der Waals surface area contributed by atoms with Gasteiger partial charge in [-0.3, -0.25) is 10.2 Å². The Morgan fingerprint density at radius 2 is 1.87 bits per heavy atom. The molecule has 7 nitrogen and oxygen atoms in total. The number of aliphatic hydroxyl groups is 1. The van der Waals surface area contributed by atoms with E-state index in [0.29, 0.717) is 5.69 Å². The van der Waals surface area contributed by atoms with Crippen molar-refractivity contribution in [1.82, 2.24) is 5.43 Å². The van der Waals surface area contributed by atoms with Crippen LogP contribution in [0, 0.1) is 17.6 Å². The molecule has 1 fully saturated rings. The SMILES string of the molecule is NNC(=O)c1ccc(CN(c2ccc(F)c(Cl)c2)C(O)C2CCS(=O)(=O)CC2)c(F)c1. The number of aliphatic hydroxyl groups excluding tert-OH is 1. The molecular weight excluding hydrogens is 452 g/mol. The Morgan fingerprint density at radius 1 is 1.19 bits per heavy atom. The Morgan fingerprint density at radius 3 is 2.45 bits per heavy atom. The summed E-state index contributed by atoms with van der Waals surface area (Å²) in [5.41, 5.74) is 2.45. The van der Waals surface area contributed by atoms with Crippen LogP contribution in [0.2, 0.25) is 5.02 Å². The third kappa shape index (κ3) is 5.51. The lowest BCUT2D eigenvalue weighted by molar-refractivity contribution is 0.0945. The number of hydrazine groups is 1. The van der Waals surface area contributed by atoms with E-state index in [2.05, 4.69) is 0 Å². The summed E-state index contributed by atoms with van der Waals surface area (Å²) in [5.74, 6) is 2.57. The summed E-state index contributed by atoms with van der Waals surface area (Å²) in [6.07, 6.45) is -0.677. The molecule has 11 heteroatoms. The summed E-state index contributed by atoms with van der Waals surface area (Å²) < 4.78 is 51.8. The average molecular weight is 474 g/mol. The maximum Gasteiger partial charge on any atom is 0.265 e. The molecule has 2 aromatic rings. The summed E-state index contributed by atoms with van der Waals surface area (Å²) in [6, 6.07) is 7.64. The fourth-order valence-electron chi connectivity index (χ4n) is 3.55. The Balaban J connectivity index is 1.92. The van der Waals surface area contributed by atoms with E-state index < -0.39 is 39.5 Å². The molecule has 0 aliphatic carbocycles. The van der Waals surface area contributed by atoms with Gasteiger partial charge in [0, 0.05) is 29.3 Å². The molecule has 3 rings (SSSR count). The Bertz CT molecular complexity index is 1070. The maximum atomic E-state index is 14.7. The zero-order valence-electron chi connectivity index (χ0n) is 16.4. The smallest absolute Gasteiger partial charge is 0.265 e.